The molecule has 1 N–H and O–H groups in total. The van der Waals surface area contributed by atoms with Crippen molar-refractivity contribution >= 4 is 5.91 Å². The monoisotopic (exact) mass is 398 g/mol. The number of halogens is 6. The van der Waals surface area contributed by atoms with Crippen molar-refractivity contribution in [2.75, 3.05) is 19.6 Å². The fourth-order valence-corrected chi connectivity index (χ4v) is 2.64. The number of hydrogen-bond donors (Lipinski definition) is 1. The molecule has 0 bridgehead atoms. The maximum absolute atomic E-state index is 13.2. The predicted molar refractivity (Wildman–Crippen MR) is 85.1 cm³/mol. The third-order valence-corrected chi connectivity index (χ3v) is 4.04. The van der Waals surface area contributed by atoms with Gasteiger partial charge in [0.05, 0.1) is 0 Å². The van der Waals surface area contributed by atoms with Crippen LogP contribution in [0.1, 0.15) is 24.8 Å². The van der Waals surface area contributed by atoms with Gasteiger partial charge in [0.25, 0.3) is 6.17 Å². The molecule has 0 aliphatic carbocycles. The van der Waals surface area contributed by atoms with Gasteiger partial charge in [-0.3, -0.25) is 4.79 Å². The van der Waals surface area contributed by atoms with Crippen molar-refractivity contribution in [1.29, 1.82) is 0 Å². The van der Waals surface area contributed by atoms with Gasteiger partial charge in [-0.25, -0.2) is 4.39 Å². The SMILES string of the molecule is O=C1CCCN1CCCNCc1ccc(OC(F)(F)C(F)C(F)(F)F)cc1. The molecule has 152 valence electrons. The Hall–Kier alpha value is -1.97. The zero-order chi connectivity index (χ0) is 20.1. The van der Waals surface area contributed by atoms with E-state index >= 15 is 0 Å². The normalized spacial score (nSPS) is 16.7. The van der Waals surface area contributed by atoms with E-state index in [-0.39, 0.29) is 5.91 Å². The highest BCUT2D eigenvalue weighted by atomic mass is 19.4. The Morgan fingerprint density at radius 3 is 2.37 bits per heavy atom. The number of nitrogens with one attached hydrogen (secondary N) is 1. The first-order chi connectivity index (χ1) is 12.6. The van der Waals surface area contributed by atoms with Gasteiger partial charge in [-0.15, -0.1) is 0 Å². The first-order valence-corrected chi connectivity index (χ1v) is 8.44. The maximum atomic E-state index is 13.2. The molecule has 1 unspecified atom stereocenters. The van der Waals surface area contributed by atoms with E-state index in [1.807, 2.05) is 0 Å². The standard InChI is InChI=1S/C17H20F6N2O2/c18-15(16(19,20)21)17(22,23)27-13-6-4-12(5-7-13)11-24-8-2-10-25-9-1-3-14(25)26/h4-7,15,24H,1-3,8-11H2. The van der Waals surface area contributed by atoms with E-state index in [0.717, 1.165) is 31.5 Å². The highest BCUT2D eigenvalue weighted by Crippen LogP contribution is 2.36. The zero-order valence-corrected chi connectivity index (χ0v) is 14.4. The molecule has 1 amide bonds. The molecule has 1 aliphatic rings. The molecular weight excluding hydrogens is 378 g/mol. The van der Waals surface area contributed by atoms with Crippen molar-refractivity contribution in [3.05, 3.63) is 29.8 Å². The maximum Gasteiger partial charge on any atom is 0.439 e. The van der Waals surface area contributed by atoms with Crippen LogP contribution >= 0.6 is 0 Å². The van der Waals surface area contributed by atoms with Crippen molar-refractivity contribution in [1.82, 2.24) is 10.2 Å². The van der Waals surface area contributed by atoms with Gasteiger partial charge in [0.2, 0.25) is 5.91 Å². The molecule has 0 saturated carbocycles. The molecule has 0 radical (unpaired) electrons. The summed E-state index contributed by atoms with van der Waals surface area (Å²) in [4.78, 5) is 13.2. The van der Waals surface area contributed by atoms with Gasteiger partial charge < -0.3 is 15.0 Å². The largest absolute Gasteiger partial charge is 0.439 e. The van der Waals surface area contributed by atoms with Crippen molar-refractivity contribution in [3.8, 4) is 5.75 Å². The molecule has 1 saturated heterocycles. The van der Waals surface area contributed by atoms with Crippen LogP contribution in [0.4, 0.5) is 26.3 Å². The Labute approximate surface area is 152 Å². The van der Waals surface area contributed by atoms with E-state index in [0.29, 0.717) is 31.6 Å². The highest BCUT2D eigenvalue weighted by Gasteiger charge is 2.59. The molecule has 10 heteroatoms. The Morgan fingerprint density at radius 1 is 1.15 bits per heavy atom. The fourth-order valence-electron chi connectivity index (χ4n) is 2.64. The fraction of sp³-hybridized carbons (Fsp3) is 0.588. The third kappa shape index (κ3) is 6.30. The summed E-state index contributed by atoms with van der Waals surface area (Å²) in [5, 5.41) is 3.11. The first-order valence-electron chi connectivity index (χ1n) is 8.44. The van der Waals surface area contributed by atoms with Crippen LogP contribution in [-0.2, 0) is 11.3 Å². The number of rotatable bonds is 9. The van der Waals surface area contributed by atoms with Gasteiger partial charge in [0.15, 0.2) is 0 Å². The second-order valence-electron chi connectivity index (χ2n) is 6.23. The first kappa shape index (κ1) is 21.3. The number of carbonyl (C=O) groups is 1. The molecule has 1 aromatic carbocycles. The van der Waals surface area contributed by atoms with Gasteiger partial charge in [0, 0.05) is 26.1 Å². The molecule has 27 heavy (non-hydrogen) atoms. The Balaban J connectivity index is 1.74. The number of ether oxygens (including phenoxy) is 1. The molecule has 1 atom stereocenters. The number of nitrogens with zero attached hydrogens (tertiary/aromatic N) is 1. The minimum absolute atomic E-state index is 0.156. The molecule has 4 nitrogen and oxygen atoms in total. The van der Waals surface area contributed by atoms with Crippen molar-refractivity contribution in [2.45, 2.75) is 44.3 Å². The summed E-state index contributed by atoms with van der Waals surface area (Å²) in [6.45, 7) is 2.48. The number of amides is 1. The number of benzene rings is 1. The lowest BCUT2D eigenvalue weighted by atomic mass is 10.2. The number of hydrogen-bond acceptors (Lipinski definition) is 3. The van der Waals surface area contributed by atoms with E-state index < -0.39 is 24.2 Å². The quantitative estimate of drug-likeness (QED) is 0.510. The summed E-state index contributed by atoms with van der Waals surface area (Å²) in [6, 6.07) is 4.89. The topological polar surface area (TPSA) is 41.6 Å². The Bertz CT molecular complexity index is 621. The molecule has 2 rings (SSSR count). The zero-order valence-electron chi connectivity index (χ0n) is 14.4. The summed E-state index contributed by atoms with van der Waals surface area (Å²) in [7, 11) is 0. The van der Waals surface area contributed by atoms with Crippen LogP contribution in [0.15, 0.2) is 24.3 Å². The van der Waals surface area contributed by atoms with E-state index in [4.69, 9.17) is 0 Å². The average Bonchev–Trinajstić information content (AvgIpc) is 2.99. The summed E-state index contributed by atoms with van der Waals surface area (Å²) in [5.41, 5.74) is 0.690. The highest BCUT2D eigenvalue weighted by molar-refractivity contribution is 5.77. The summed E-state index contributed by atoms with van der Waals surface area (Å²) in [6.07, 6.45) is -12.9. The molecule has 1 fully saturated rings. The lowest BCUT2D eigenvalue weighted by molar-refractivity contribution is -0.304. The Kier molecular flexibility index (Phi) is 6.96. The van der Waals surface area contributed by atoms with Crippen molar-refractivity contribution in [2.24, 2.45) is 0 Å². The lowest BCUT2D eigenvalue weighted by Crippen LogP contribution is -2.45. The summed E-state index contributed by atoms with van der Waals surface area (Å²) < 4.78 is 79.2. The van der Waals surface area contributed by atoms with Crippen LogP contribution in [0.3, 0.4) is 0 Å². The van der Waals surface area contributed by atoms with E-state index in [9.17, 15) is 31.1 Å². The summed E-state index contributed by atoms with van der Waals surface area (Å²) >= 11 is 0. The van der Waals surface area contributed by atoms with Gasteiger partial charge in [-0.2, -0.15) is 22.0 Å². The summed E-state index contributed by atoms with van der Waals surface area (Å²) in [5.74, 6) is -0.411. The Morgan fingerprint density at radius 2 is 1.81 bits per heavy atom. The predicted octanol–water partition coefficient (Wildman–Crippen LogP) is 3.66. The van der Waals surface area contributed by atoms with Gasteiger partial charge in [-0.05, 0) is 37.1 Å². The molecule has 1 heterocycles. The van der Waals surface area contributed by atoms with Crippen LogP contribution in [0.2, 0.25) is 0 Å². The van der Waals surface area contributed by atoms with Crippen molar-refractivity contribution < 1.29 is 35.9 Å². The van der Waals surface area contributed by atoms with Crippen LogP contribution in [0.5, 0.6) is 5.75 Å². The number of likely N-dealkylation sites (tertiary alicyclic amines) is 1. The van der Waals surface area contributed by atoms with Crippen LogP contribution in [0, 0.1) is 0 Å². The van der Waals surface area contributed by atoms with Gasteiger partial charge >= 0.3 is 12.3 Å². The van der Waals surface area contributed by atoms with Gasteiger partial charge in [-0.1, -0.05) is 12.1 Å². The van der Waals surface area contributed by atoms with Crippen LogP contribution in [-0.4, -0.2) is 48.9 Å². The third-order valence-electron chi connectivity index (χ3n) is 4.04. The minimum atomic E-state index is -5.72. The van der Waals surface area contributed by atoms with Gasteiger partial charge in [0.1, 0.15) is 5.75 Å². The van der Waals surface area contributed by atoms with Crippen LogP contribution in [0.25, 0.3) is 0 Å². The lowest BCUT2D eigenvalue weighted by Gasteiger charge is -2.23. The minimum Gasteiger partial charge on any atom is -0.430 e. The molecule has 0 aromatic heterocycles. The molecule has 0 spiro atoms. The smallest absolute Gasteiger partial charge is 0.430 e. The number of alkyl halides is 6. The second kappa shape index (κ2) is 8.81. The molecular formula is C17H20F6N2O2. The second-order valence-corrected chi connectivity index (χ2v) is 6.23. The van der Waals surface area contributed by atoms with E-state index in [1.165, 1.54) is 12.1 Å². The number of carbonyl (C=O) groups excluding carboxylic acids is 1. The molecule has 1 aromatic rings. The van der Waals surface area contributed by atoms with E-state index in [1.54, 1.807) is 4.90 Å². The van der Waals surface area contributed by atoms with Crippen molar-refractivity contribution in [3.63, 3.8) is 0 Å². The van der Waals surface area contributed by atoms with E-state index in [2.05, 4.69) is 10.1 Å². The molecule has 1 aliphatic heterocycles. The van der Waals surface area contributed by atoms with Crippen LogP contribution < -0.4 is 10.1 Å². The average molecular weight is 398 g/mol.